The first-order chi connectivity index (χ1) is 7.29. The Hall–Kier alpha value is -1.46. The molecular weight excluding hydrogens is 192 g/mol. The van der Waals surface area contributed by atoms with Gasteiger partial charge in [0.25, 0.3) is 0 Å². The van der Waals surface area contributed by atoms with Crippen molar-refractivity contribution in [1.82, 2.24) is 15.0 Å². The lowest BCUT2D eigenvalue weighted by atomic mass is 10.1. The summed E-state index contributed by atoms with van der Waals surface area (Å²) < 4.78 is 5.05. The second-order valence-corrected chi connectivity index (χ2v) is 3.42. The van der Waals surface area contributed by atoms with E-state index in [1.807, 2.05) is 6.07 Å². The maximum atomic E-state index is 5.66. The molecule has 0 atom stereocenters. The van der Waals surface area contributed by atoms with E-state index in [0.29, 0.717) is 5.88 Å². The molecule has 1 aromatic heterocycles. The maximum absolute atomic E-state index is 5.66. The molecule has 1 aromatic rings. The smallest absolute Gasteiger partial charge is 0.216 e. The lowest BCUT2D eigenvalue weighted by molar-refractivity contribution is 0.314. The van der Waals surface area contributed by atoms with E-state index >= 15 is 0 Å². The Labute approximate surface area is 88.5 Å². The van der Waals surface area contributed by atoms with Crippen molar-refractivity contribution in [2.24, 2.45) is 5.84 Å². The molecule has 1 aliphatic rings. The molecule has 0 saturated carbocycles. The first-order valence-electron chi connectivity index (χ1n) is 4.84. The maximum Gasteiger partial charge on any atom is 0.216 e. The van der Waals surface area contributed by atoms with Crippen molar-refractivity contribution in [2.75, 3.05) is 20.2 Å². The first-order valence-corrected chi connectivity index (χ1v) is 4.84. The van der Waals surface area contributed by atoms with Crippen LogP contribution in [0.3, 0.4) is 0 Å². The van der Waals surface area contributed by atoms with Crippen LogP contribution >= 0.6 is 0 Å². The van der Waals surface area contributed by atoms with Gasteiger partial charge in [0.1, 0.15) is 6.33 Å². The van der Waals surface area contributed by atoms with Gasteiger partial charge in [-0.1, -0.05) is 6.08 Å². The monoisotopic (exact) mass is 206 g/mol. The summed E-state index contributed by atoms with van der Waals surface area (Å²) >= 11 is 0. The van der Waals surface area contributed by atoms with Gasteiger partial charge < -0.3 is 4.74 Å². The van der Waals surface area contributed by atoms with Gasteiger partial charge in [0.2, 0.25) is 5.88 Å². The van der Waals surface area contributed by atoms with Gasteiger partial charge in [-0.25, -0.2) is 15.0 Å². The third-order valence-corrected chi connectivity index (χ3v) is 2.42. The summed E-state index contributed by atoms with van der Waals surface area (Å²) in [5, 5.41) is 1.78. The topological polar surface area (TPSA) is 64.3 Å². The molecule has 0 aromatic carbocycles. The van der Waals surface area contributed by atoms with Crippen LogP contribution in [0.15, 0.2) is 18.5 Å². The quantitative estimate of drug-likeness (QED) is 0.712. The largest absolute Gasteiger partial charge is 0.481 e. The number of rotatable bonds is 2. The highest BCUT2D eigenvalue weighted by Crippen LogP contribution is 2.21. The minimum absolute atomic E-state index is 0.594. The van der Waals surface area contributed by atoms with Crippen molar-refractivity contribution in [3.05, 3.63) is 24.2 Å². The Morgan fingerprint density at radius 2 is 2.33 bits per heavy atom. The van der Waals surface area contributed by atoms with Crippen LogP contribution in [0.1, 0.15) is 12.1 Å². The van der Waals surface area contributed by atoms with Crippen LogP contribution in [0, 0.1) is 0 Å². The first kappa shape index (κ1) is 10.1. The summed E-state index contributed by atoms with van der Waals surface area (Å²) in [7, 11) is 1.60. The molecule has 0 unspecified atom stereocenters. The number of methoxy groups -OCH3 is 1. The highest BCUT2D eigenvalue weighted by Gasteiger charge is 2.11. The van der Waals surface area contributed by atoms with Gasteiger partial charge in [-0.2, -0.15) is 0 Å². The Balaban J connectivity index is 2.22. The molecule has 0 bridgehead atoms. The standard InChI is InChI=1S/C10H14N4O/c1-15-10-6-9(12-7-13-10)8-2-4-14(11)5-3-8/h2,6-7H,3-5,11H2,1H3. The Bertz CT molecular complexity index is 377. The molecule has 5 heteroatoms. The highest BCUT2D eigenvalue weighted by molar-refractivity contribution is 5.64. The lowest BCUT2D eigenvalue weighted by Crippen LogP contribution is -2.34. The minimum atomic E-state index is 0.594. The molecule has 0 aliphatic carbocycles. The number of nitrogens with two attached hydrogens (primary N) is 1. The Morgan fingerprint density at radius 3 is 3.00 bits per heavy atom. The van der Waals surface area contributed by atoms with Gasteiger partial charge in [-0.15, -0.1) is 0 Å². The summed E-state index contributed by atoms with van der Waals surface area (Å²) in [5.74, 6) is 6.26. The van der Waals surface area contributed by atoms with Gasteiger partial charge in [-0.3, -0.25) is 5.84 Å². The summed E-state index contributed by atoms with van der Waals surface area (Å²) in [6.07, 6.45) is 4.52. The second-order valence-electron chi connectivity index (χ2n) is 3.42. The average molecular weight is 206 g/mol. The molecule has 1 aliphatic heterocycles. The average Bonchev–Trinajstić information content (AvgIpc) is 2.30. The molecule has 5 nitrogen and oxygen atoms in total. The summed E-state index contributed by atoms with van der Waals surface area (Å²) in [5.41, 5.74) is 2.13. The Kier molecular flexibility index (Phi) is 2.94. The number of nitrogens with zero attached hydrogens (tertiary/aromatic N) is 3. The molecule has 2 N–H and O–H groups in total. The van der Waals surface area contributed by atoms with Gasteiger partial charge >= 0.3 is 0 Å². The molecule has 2 heterocycles. The van der Waals surface area contributed by atoms with E-state index in [-0.39, 0.29) is 0 Å². The van der Waals surface area contributed by atoms with Gasteiger partial charge in [0.05, 0.1) is 12.8 Å². The molecule has 0 radical (unpaired) electrons. The summed E-state index contributed by atoms with van der Waals surface area (Å²) in [6, 6.07) is 1.85. The van der Waals surface area contributed by atoms with E-state index < -0.39 is 0 Å². The van der Waals surface area contributed by atoms with Crippen LogP contribution in [-0.4, -0.2) is 35.2 Å². The van der Waals surface area contributed by atoms with Crippen LogP contribution in [0.4, 0.5) is 0 Å². The zero-order chi connectivity index (χ0) is 10.7. The van der Waals surface area contributed by atoms with E-state index in [1.54, 1.807) is 12.1 Å². The van der Waals surface area contributed by atoms with Crippen LogP contribution in [0.2, 0.25) is 0 Å². The van der Waals surface area contributed by atoms with Crippen LogP contribution < -0.4 is 10.6 Å². The van der Waals surface area contributed by atoms with E-state index in [2.05, 4.69) is 16.0 Å². The van der Waals surface area contributed by atoms with E-state index in [0.717, 1.165) is 25.2 Å². The lowest BCUT2D eigenvalue weighted by Gasteiger charge is -2.21. The van der Waals surface area contributed by atoms with Gasteiger partial charge in [0, 0.05) is 19.2 Å². The fourth-order valence-electron chi connectivity index (χ4n) is 1.54. The summed E-state index contributed by atoms with van der Waals surface area (Å²) in [6.45, 7) is 1.62. The number of hydrazine groups is 1. The third kappa shape index (κ3) is 2.31. The number of hydrogen-bond acceptors (Lipinski definition) is 5. The molecular formula is C10H14N4O. The van der Waals surface area contributed by atoms with Crippen molar-refractivity contribution in [3.63, 3.8) is 0 Å². The van der Waals surface area contributed by atoms with E-state index in [4.69, 9.17) is 10.6 Å². The fourth-order valence-corrected chi connectivity index (χ4v) is 1.54. The molecule has 0 fully saturated rings. The third-order valence-electron chi connectivity index (χ3n) is 2.42. The molecule has 0 amide bonds. The van der Waals surface area contributed by atoms with Gasteiger partial charge in [-0.05, 0) is 12.0 Å². The van der Waals surface area contributed by atoms with Crippen molar-refractivity contribution in [2.45, 2.75) is 6.42 Å². The van der Waals surface area contributed by atoms with Crippen molar-refractivity contribution in [3.8, 4) is 5.88 Å². The zero-order valence-electron chi connectivity index (χ0n) is 8.68. The minimum Gasteiger partial charge on any atom is -0.481 e. The van der Waals surface area contributed by atoms with E-state index in [1.165, 1.54) is 11.9 Å². The SMILES string of the molecule is COc1cc(C2=CCN(N)CC2)ncn1. The second kappa shape index (κ2) is 4.37. The fraction of sp³-hybridized carbons (Fsp3) is 0.400. The number of hydrogen-bond donors (Lipinski definition) is 1. The molecule has 2 rings (SSSR count). The van der Waals surface area contributed by atoms with E-state index in [9.17, 15) is 0 Å². The number of aromatic nitrogens is 2. The normalized spacial score (nSPS) is 17.3. The van der Waals surface area contributed by atoms with Crippen LogP contribution in [0.25, 0.3) is 5.57 Å². The van der Waals surface area contributed by atoms with Crippen LogP contribution in [-0.2, 0) is 0 Å². The molecule has 80 valence electrons. The molecule has 0 spiro atoms. The molecule has 0 saturated heterocycles. The summed E-state index contributed by atoms with van der Waals surface area (Å²) in [4.78, 5) is 8.19. The molecule has 15 heavy (non-hydrogen) atoms. The highest BCUT2D eigenvalue weighted by atomic mass is 16.5. The predicted molar refractivity (Wildman–Crippen MR) is 56.9 cm³/mol. The zero-order valence-corrected chi connectivity index (χ0v) is 8.68. The van der Waals surface area contributed by atoms with Crippen LogP contribution in [0.5, 0.6) is 5.88 Å². The van der Waals surface area contributed by atoms with Crippen molar-refractivity contribution >= 4 is 5.57 Å². The Morgan fingerprint density at radius 1 is 1.47 bits per heavy atom. The predicted octanol–water partition coefficient (Wildman–Crippen LogP) is 0.448. The van der Waals surface area contributed by atoms with Crippen molar-refractivity contribution in [1.29, 1.82) is 0 Å². The number of ether oxygens (including phenoxy) is 1. The van der Waals surface area contributed by atoms with Crippen molar-refractivity contribution < 1.29 is 4.74 Å². The van der Waals surface area contributed by atoms with Gasteiger partial charge in [0.15, 0.2) is 0 Å².